The van der Waals surface area contributed by atoms with E-state index >= 15 is 0 Å². The Labute approximate surface area is 157 Å². The maximum Gasteiger partial charge on any atom is 0.342 e. The zero-order valence-corrected chi connectivity index (χ0v) is 15.5. The fraction of sp³-hybridized carbons (Fsp3) is 0.238. The Balaban J connectivity index is 1.70. The van der Waals surface area contributed by atoms with Crippen molar-refractivity contribution in [1.29, 1.82) is 0 Å². The van der Waals surface area contributed by atoms with Crippen molar-refractivity contribution >= 4 is 5.97 Å². The standard InChI is InChI=1S/C21H21NO5/c1-14-18(15(2)27-22-14)13-25-20-11-7-5-9-17(20)21(23)26-12-16-8-4-6-10-19(16)24-3/h4-11H,12-13H2,1-3H3. The second-order valence-corrected chi connectivity index (χ2v) is 5.98. The maximum atomic E-state index is 12.6. The van der Waals surface area contributed by atoms with E-state index in [9.17, 15) is 4.79 Å². The highest BCUT2D eigenvalue weighted by atomic mass is 16.5. The highest BCUT2D eigenvalue weighted by Gasteiger charge is 2.16. The first-order valence-electron chi connectivity index (χ1n) is 8.52. The first kappa shape index (κ1) is 18.5. The molecule has 2 aromatic carbocycles. The van der Waals surface area contributed by atoms with Gasteiger partial charge >= 0.3 is 5.97 Å². The van der Waals surface area contributed by atoms with Gasteiger partial charge in [-0.3, -0.25) is 0 Å². The largest absolute Gasteiger partial charge is 0.496 e. The minimum Gasteiger partial charge on any atom is -0.496 e. The molecule has 3 aromatic rings. The molecule has 0 aliphatic rings. The van der Waals surface area contributed by atoms with Crippen LogP contribution in [0.15, 0.2) is 53.1 Å². The van der Waals surface area contributed by atoms with Crippen LogP contribution in [0.25, 0.3) is 0 Å². The minimum atomic E-state index is -0.463. The van der Waals surface area contributed by atoms with E-state index < -0.39 is 5.97 Å². The van der Waals surface area contributed by atoms with Crippen LogP contribution in [-0.4, -0.2) is 18.2 Å². The van der Waals surface area contributed by atoms with Gasteiger partial charge in [0, 0.05) is 5.56 Å². The summed E-state index contributed by atoms with van der Waals surface area (Å²) in [5.41, 5.74) is 2.79. The molecule has 0 saturated heterocycles. The molecule has 27 heavy (non-hydrogen) atoms. The molecule has 6 heteroatoms. The molecule has 0 saturated carbocycles. The molecule has 140 valence electrons. The van der Waals surface area contributed by atoms with Crippen molar-refractivity contribution in [3.8, 4) is 11.5 Å². The molecule has 0 spiro atoms. The summed E-state index contributed by atoms with van der Waals surface area (Å²) in [5.74, 6) is 1.36. The Bertz CT molecular complexity index is 912. The highest BCUT2D eigenvalue weighted by Crippen LogP contribution is 2.24. The SMILES string of the molecule is COc1ccccc1COC(=O)c1ccccc1OCc1c(C)noc1C. The first-order valence-corrected chi connectivity index (χ1v) is 8.52. The molecule has 0 aliphatic carbocycles. The van der Waals surface area contributed by atoms with E-state index in [4.69, 9.17) is 18.7 Å². The number of ether oxygens (including phenoxy) is 3. The number of para-hydroxylation sites is 2. The number of hydrogen-bond acceptors (Lipinski definition) is 6. The smallest absolute Gasteiger partial charge is 0.342 e. The van der Waals surface area contributed by atoms with Gasteiger partial charge in [0.2, 0.25) is 0 Å². The second kappa shape index (κ2) is 8.40. The number of aryl methyl sites for hydroxylation is 2. The van der Waals surface area contributed by atoms with Gasteiger partial charge in [-0.05, 0) is 32.0 Å². The number of esters is 1. The van der Waals surface area contributed by atoms with Crippen molar-refractivity contribution in [1.82, 2.24) is 5.16 Å². The minimum absolute atomic E-state index is 0.112. The van der Waals surface area contributed by atoms with E-state index in [0.29, 0.717) is 22.8 Å². The van der Waals surface area contributed by atoms with E-state index in [-0.39, 0.29) is 13.2 Å². The van der Waals surface area contributed by atoms with Crippen molar-refractivity contribution < 1.29 is 23.5 Å². The summed E-state index contributed by atoms with van der Waals surface area (Å²) in [6.45, 7) is 4.05. The monoisotopic (exact) mass is 367 g/mol. The lowest BCUT2D eigenvalue weighted by Crippen LogP contribution is -2.09. The van der Waals surface area contributed by atoms with Gasteiger partial charge in [0.25, 0.3) is 0 Å². The molecule has 1 heterocycles. The van der Waals surface area contributed by atoms with Crippen LogP contribution in [0.4, 0.5) is 0 Å². The normalized spacial score (nSPS) is 10.5. The Hall–Kier alpha value is -3.28. The van der Waals surface area contributed by atoms with Gasteiger partial charge in [-0.25, -0.2) is 4.79 Å². The van der Waals surface area contributed by atoms with Crippen LogP contribution in [-0.2, 0) is 18.0 Å². The Morgan fingerprint density at radius 3 is 2.41 bits per heavy atom. The lowest BCUT2D eigenvalue weighted by molar-refractivity contribution is 0.0465. The van der Waals surface area contributed by atoms with Crippen molar-refractivity contribution in [2.45, 2.75) is 27.1 Å². The van der Waals surface area contributed by atoms with Crippen molar-refractivity contribution in [3.63, 3.8) is 0 Å². The van der Waals surface area contributed by atoms with Crippen LogP contribution in [0.1, 0.15) is 32.9 Å². The predicted octanol–water partition coefficient (Wildman–Crippen LogP) is 4.24. The summed E-state index contributed by atoms with van der Waals surface area (Å²) in [6, 6.07) is 14.4. The lowest BCUT2D eigenvalue weighted by Gasteiger charge is -2.12. The van der Waals surface area contributed by atoms with Gasteiger partial charge < -0.3 is 18.7 Å². The van der Waals surface area contributed by atoms with Gasteiger partial charge in [-0.15, -0.1) is 0 Å². The molecule has 0 atom stereocenters. The molecule has 0 unspecified atom stereocenters. The van der Waals surface area contributed by atoms with Gasteiger partial charge in [0.15, 0.2) is 0 Å². The third kappa shape index (κ3) is 4.28. The predicted molar refractivity (Wildman–Crippen MR) is 98.9 cm³/mol. The van der Waals surface area contributed by atoms with Gasteiger partial charge in [0.1, 0.15) is 36.0 Å². The number of methoxy groups -OCH3 is 1. The molecule has 0 fully saturated rings. The summed E-state index contributed by atoms with van der Waals surface area (Å²) in [6.07, 6.45) is 0. The van der Waals surface area contributed by atoms with Gasteiger partial charge in [0.05, 0.1) is 18.4 Å². The number of hydrogen-bond donors (Lipinski definition) is 0. The summed E-state index contributed by atoms with van der Waals surface area (Å²) < 4.78 is 21.7. The van der Waals surface area contributed by atoms with Crippen LogP contribution >= 0.6 is 0 Å². The summed E-state index contributed by atoms with van der Waals surface area (Å²) >= 11 is 0. The number of carbonyl (C=O) groups excluding carboxylic acids is 1. The van der Waals surface area contributed by atoms with E-state index in [1.807, 2.05) is 38.1 Å². The van der Waals surface area contributed by atoms with Crippen molar-refractivity contribution in [2.75, 3.05) is 7.11 Å². The van der Waals surface area contributed by atoms with Gasteiger partial charge in [-0.2, -0.15) is 0 Å². The molecule has 0 radical (unpaired) electrons. The van der Waals surface area contributed by atoms with Gasteiger partial charge in [-0.1, -0.05) is 35.5 Å². The number of carbonyl (C=O) groups is 1. The lowest BCUT2D eigenvalue weighted by atomic mass is 10.2. The molecular formula is C21H21NO5. The quantitative estimate of drug-likeness (QED) is 0.582. The maximum absolute atomic E-state index is 12.6. The zero-order chi connectivity index (χ0) is 19.2. The fourth-order valence-electron chi connectivity index (χ4n) is 2.66. The molecule has 0 amide bonds. The Morgan fingerprint density at radius 2 is 1.70 bits per heavy atom. The van der Waals surface area contributed by atoms with Crippen LogP contribution in [0.5, 0.6) is 11.5 Å². The number of aromatic nitrogens is 1. The molecule has 0 N–H and O–H groups in total. The van der Waals surface area contributed by atoms with E-state index in [0.717, 1.165) is 16.8 Å². The van der Waals surface area contributed by atoms with Crippen molar-refractivity contribution in [3.05, 3.63) is 76.7 Å². The van der Waals surface area contributed by atoms with E-state index in [1.54, 1.807) is 31.4 Å². The molecule has 6 nitrogen and oxygen atoms in total. The molecule has 1 aromatic heterocycles. The van der Waals surface area contributed by atoms with Crippen LogP contribution < -0.4 is 9.47 Å². The van der Waals surface area contributed by atoms with Crippen LogP contribution in [0, 0.1) is 13.8 Å². The Kier molecular flexibility index (Phi) is 5.76. The fourth-order valence-corrected chi connectivity index (χ4v) is 2.66. The van der Waals surface area contributed by atoms with Crippen LogP contribution in [0.3, 0.4) is 0 Å². The zero-order valence-electron chi connectivity index (χ0n) is 15.5. The molecule has 0 aliphatic heterocycles. The molecule has 3 rings (SSSR count). The van der Waals surface area contributed by atoms with E-state index in [1.165, 1.54) is 0 Å². The molecule has 0 bridgehead atoms. The summed E-state index contributed by atoms with van der Waals surface area (Å²) in [7, 11) is 1.58. The average molecular weight is 367 g/mol. The Morgan fingerprint density at radius 1 is 1.00 bits per heavy atom. The number of benzene rings is 2. The topological polar surface area (TPSA) is 70.8 Å². The number of rotatable bonds is 7. The highest BCUT2D eigenvalue weighted by molar-refractivity contribution is 5.92. The second-order valence-electron chi connectivity index (χ2n) is 5.98. The third-order valence-corrected chi connectivity index (χ3v) is 4.21. The van der Waals surface area contributed by atoms with Crippen molar-refractivity contribution in [2.24, 2.45) is 0 Å². The summed E-state index contributed by atoms with van der Waals surface area (Å²) in [5, 5.41) is 3.91. The summed E-state index contributed by atoms with van der Waals surface area (Å²) in [4.78, 5) is 12.6. The van der Waals surface area contributed by atoms with Crippen LogP contribution in [0.2, 0.25) is 0 Å². The molecular weight excluding hydrogens is 346 g/mol. The first-order chi connectivity index (χ1) is 13.1. The average Bonchev–Trinajstić information content (AvgIpc) is 3.02. The number of nitrogens with zero attached hydrogens (tertiary/aromatic N) is 1. The van der Waals surface area contributed by atoms with E-state index in [2.05, 4.69) is 5.16 Å². The third-order valence-electron chi connectivity index (χ3n) is 4.21.